The van der Waals surface area contributed by atoms with Crippen molar-refractivity contribution in [2.45, 2.75) is 31.8 Å². The smallest absolute Gasteiger partial charge is 0.0594 e. The van der Waals surface area contributed by atoms with E-state index in [4.69, 9.17) is 4.74 Å². The highest BCUT2D eigenvalue weighted by Crippen LogP contribution is 2.20. The highest BCUT2D eigenvalue weighted by molar-refractivity contribution is 7.98. The van der Waals surface area contributed by atoms with Gasteiger partial charge < -0.3 is 10.1 Å². The van der Waals surface area contributed by atoms with Gasteiger partial charge in [-0.2, -0.15) is 11.8 Å². The van der Waals surface area contributed by atoms with Crippen LogP contribution in [0.25, 0.3) is 0 Å². The highest BCUT2D eigenvalue weighted by Gasteiger charge is 2.14. The van der Waals surface area contributed by atoms with Gasteiger partial charge in [0.25, 0.3) is 0 Å². The van der Waals surface area contributed by atoms with Gasteiger partial charge in [-0.1, -0.05) is 12.8 Å². The Bertz CT molecular complexity index is 115. The molecule has 0 spiro atoms. The predicted octanol–water partition coefficient (Wildman–Crippen LogP) is 1.90. The monoisotopic (exact) mass is 203 g/mol. The number of rotatable bonds is 7. The van der Waals surface area contributed by atoms with Gasteiger partial charge in [-0.3, -0.25) is 0 Å². The van der Waals surface area contributed by atoms with Crippen LogP contribution >= 0.6 is 11.8 Å². The molecule has 0 unspecified atom stereocenters. The average molecular weight is 203 g/mol. The molecule has 0 amide bonds. The van der Waals surface area contributed by atoms with Crippen LogP contribution in [0.5, 0.6) is 0 Å². The first-order chi connectivity index (χ1) is 6.43. The molecule has 0 radical (unpaired) electrons. The van der Waals surface area contributed by atoms with Gasteiger partial charge in [-0.05, 0) is 19.1 Å². The summed E-state index contributed by atoms with van der Waals surface area (Å²) in [5.74, 6) is 1.20. The van der Waals surface area contributed by atoms with Crippen LogP contribution in [0, 0.1) is 0 Å². The van der Waals surface area contributed by atoms with Crippen molar-refractivity contribution in [2.75, 3.05) is 31.7 Å². The van der Waals surface area contributed by atoms with E-state index in [1.54, 1.807) is 0 Å². The van der Waals surface area contributed by atoms with Gasteiger partial charge >= 0.3 is 0 Å². The molecule has 0 atom stereocenters. The lowest BCUT2D eigenvalue weighted by Gasteiger charge is -2.10. The molecule has 0 saturated heterocycles. The van der Waals surface area contributed by atoms with Crippen LogP contribution in [0.4, 0.5) is 0 Å². The van der Waals surface area contributed by atoms with E-state index in [9.17, 15) is 0 Å². The number of nitrogens with one attached hydrogen (secondary N) is 1. The van der Waals surface area contributed by atoms with Gasteiger partial charge in [0.1, 0.15) is 0 Å². The molecule has 0 aromatic rings. The van der Waals surface area contributed by atoms with Gasteiger partial charge in [0, 0.05) is 18.8 Å². The summed E-state index contributed by atoms with van der Waals surface area (Å²) in [7, 11) is 0. The molecule has 2 nitrogen and oxygen atoms in total. The zero-order valence-corrected chi connectivity index (χ0v) is 9.37. The number of hydrogen-bond donors (Lipinski definition) is 1. The minimum atomic E-state index is 0.572. The summed E-state index contributed by atoms with van der Waals surface area (Å²) in [6.07, 6.45) is 8.00. The van der Waals surface area contributed by atoms with Gasteiger partial charge in [0.05, 0.1) is 12.7 Å². The third-order valence-electron chi connectivity index (χ3n) is 2.42. The Labute approximate surface area is 85.8 Å². The van der Waals surface area contributed by atoms with Crippen molar-refractivity contribution in [3.63, 3.8) is 0 Å². The van der Waals surface area contributed by atoms with Crippen LogP contribution < -0.4 is 5.32 Å². The molecule has 0 heterocycles. The van der Waals surface area contributed by atoms with Gasteiger partial charge in [0.2, 0.25) is 0 Å². The van der Waals surface area contributed by atoms with Crippen molar-refractivity contribution < 1.29 is 4.74 Å². The molecule has 0 aromatic carbocycles. The number of thioether (sulfide) groups is 1. The number of ether oxygens (including phenoxy) is 1. The van der Waals surface area contributed by atoms with E-state index in [1.807, 2.05) is 11.8 Å². The Morgan fingerprint density at radius 1 is 1.31 bits per heavy atom. The summed E-state index contributed by atoms with van der Waals surface area (Å²) in [5, 5.41) is 3.36. The lowest BCUT2D eigenvalue weighted by Crippen LogP contribution is -2.24. The molecule has 0 aromatic heterocycles. The second-order valence-corrected chi connectivity index (χ2v) is 4.51. The van der Waals surface area contributed by atoms with Crippen LogP contribution in [-0.2, 0) is 4.74 Å². The normalized spacial score (nSPS) is 18.2. The topological polar surface area (TPSA) is 21.3 Å². The van der Waals surface area contributed by atoms with Crippen molar-refractivity contribution in [3.05, 3.63) is 0 Å². The zero-order valence-electron chi connectivity index (χ0n) is 8.55. The average Bonchev–Trinajstić information content (AvgIpc) is 2.63. The van der Waals surface area contributed by atoms with Crippen LogP contribution in [0.15, 0.2) is 0 Å². The molecular weight excluding hydrogens is 182 g/mol. The minimum Gasteiger partial charge on any atom is -0.377 e. The predicted molar refractivity (Wildman–Crippen MR) is 59.5 cm³/mol. The summed E-state index contributed by atoms with van der Waals surface area (Å²) in [4.78, 5) is 0. The fourth-order valence-corrected chi connectivity index (χ4v) is 2.00. The van der Waals surface area contributed by atoms with Crippen LogP contribution in [0.1, 0.15) is 25.7 Å². The molecule has 1 N–H and O–H groups in total. The maximum Gasteiger partial charge on any atom is 0.0594 e. The van der Waals surface area contributed by atoms with E-state index in [2.05, 4.69) is 11.6 Å². The summed E-state index contributed by atoms with van der Waals surface area (Å²) < 4.78 is 5.71. The van der Waals surface area contributed by atoms with Crippen LogP contribution in [-0.4, -0.2) is 37.8 Å². The van der Waals surface area contributed by atoms with Crippen LogP contribution in [0.2, 0.25) is 0 Å². The molecule has 78 valence electrons. The Morgan fingerprint density at radius 3 is 2.77 bits per heavy atom. The van der Waals surface area contributed by atoms with E-state index in [0.29, 0.717) is 6.10 Å². The lowest BCUT2D eigenvalue weighted by molar-refractivity contribution is 0.0607. The van der Waals surface area contributed by atoms with Crippen molar-refractivity contribution in [1.29, 1.82) is 0 Å². The number of hydrogen-bond acceptors (Lipinski definition) is 3. The Morgan fingerprint density at radius 2 is 2.08 bits per heavy atom. The van der Waals surface area contributed by atoms with E-state index in [-0.39, 0.29) is 0 Å². The third kappa shape index (κ3) is 5.55. The first-order valence-electron chi connectivity index (χ1n) is 5.24. The molecule has 1 aliphatic rings. The Hall–Kier alpha value is 0.270. The highest BCUT2D eigenvalue weighted by atomic mass is 32.2. The molecule has 1 fully saturated rings. The lowest BCUT2D eigenvalue weighted by atomic mass is 10.3. The molecule has 1 saturated carbocycles. The minimum absolute atomic E-state index is 0.572. The molecule has 13 heavy (non-hydrogen) atoms. The van der Waals surface area contributed by atoms with Gasteiger partial charge in [-0.25, -0.2) is 0 Å². The standard InChI is InChI=1S/C10H21NOS/c1-13-9-7-11-6-8-12-10-4-2-3-5-10/h10-11H,2-9H2,1H3. The van der Waals surface area contributed by atoms with Crippen molar-refractivity contribution in [1.82, 2.24) is 5.32 Å². The van der Waals surface area contributed by atoms with Gasteiger partial charge in [-0.15, -0.1) is 0 Å². The first-order valence-corrected chi connectivity index (χ1v) is 6.64. The zero-order chi connectivity index (χ0) is 9.36. The molecule has 3 heteroatoms. The second kappa shape index (κ2) is 7.65. The van der Waals surface area contributed by atoms with Crippen molar-refractivity contribution in [2.24, 2.45) is 0 Å². The maximum atomic E-state index is 5.71. The SMILES string of the molecule is CSCCNCCOC1CCCC1. The molecule has 0 aliphatic heterocycles. The summed E-state index contributed by atoms with van der Waals surface area (Å²) in [5.41, 5.74) is 0. The van der Waals surface area contributed by atoms with Crippen molar-refractivity contribution in [3.8, 4) is 0 Å². The molecule has 1 aliphatic carbocycles. The summed E-state index contributed by atoms with van der Waals surface area (Å²) in [6, 6.07) is 0. The van der Waals surface area contributed by atoms with Gasteiger partial charge in [0.15, 0.2) is 0 Å². The quantitative estimate of drug-likeness (QED) is 0.639. The van der Waals surface area contributed by atoms with Crippen molar-refractivity contribution >= 4 is 11.8 Å². The largest absolute Gasteiger partial charge is 0.377 e. The van der Waals surface area contributed by atoms with E-state index >= 15 is 0 Å². The van der Waals surface area contributed by atoms with E-state index < -0.39 is 0 Å². The second-order valence-electron chi connectivity index (χ2n) is 3.52. The third-order valence-corrected chi connectivity index (χ3v) is 3.03. The fourth-order valence-electron chi connectivity index (χ4n) is 1.65. The first kappa shape index (κ1) is 11.3. The van der Waals surface area contributed by atoms with E-state index in [1.165, 1.54) is 31.4 Å². The Balaban J connectivity index is 1.78. The molecule has 1 rings (SSSR count). The Kier molecular flexibility index (Phi) is 6.68. The molecular formula is C10H21NOS. The summed E-state index contributed by atoms with van der Waals surface area (Å²) >= 11 is 1.88. The fraction of sp³-hybridized carbons (Fsp3) is 1.00. The summed E-state index contributed by atoms with van der Waals surface area (Å²) in [6.45, 7) is 3.01. The van der Waals surface area contributed by atoms with E-state index in [0.717, 1.165) is 19.7 Å². The molecule has 0 bridgehead atoms. The maximum absolute atomic E-state index is 5.71. The van der Waals surface area contributed by atoms with Crippen LogP contribution in [0.3, 0.4) is 0 Å².